The van der Waals surface area contributed by atoms with Crippen LogP contribution in [0.5, 0.6) is 0 Å². The molecule has 0 unspecified atom stereocenters. The molecule has 1 aliphatic rings. The van der Waals surface area contributed by atoms with Crippen LogP contribution in [0.15, 0.2) is 30.0 Å². The highest BCUT2D eigenvalue weighted by atomic mass is 16.5. The van der Waals surface area contributed by atoms with Crippen molar-refractivity contribution >= 4 is 11.9 Å². The van der Waals surface area contributed by atoms with Gasteiger partial charge >= 0.3 is 5.97 Å². The van der Waals surface area contributed by atoms with Crippen molar-refractivity contribution in [1.82, 2.24) is 10.3 Å². The number of hydrogen-bond donors (Lipinski definition) is 2. The fraction of sp³-hybridized carbons (Fsp3) is 0.500. The number of allylic oxidation sites excluding steroid dienone is 1. The molecule has 1 amide bonds. The fourth-order valence-corrected chi connectivity index (χ4v) is 2.36. The lowest BCUT2D eigenvalue weighted by atomic mass is 9.97. The van der Waals surface area contributed by atoms with E-state index in [1.165, 1.54) is 18.4 Å². The number of amides is 1. The summed E-state index contributed by atoms with van der Waals surface area (Å²) in [6.07, 6.45) is 8.78. The average Bonchev–Trinajstić information content (AvgIpc) is 3.02. The summed E-state index contributed by atoms with van der Waals surface area (Å²) in [7, 11) is 0. The first-order chi connectivity index (χ1) is 10.2. The highest BCUT2D eigenvalue weighted by Gasteiger charge is 2.19. The zero-order valence-corrected chi connectivity index (χ0v) is 12.4. The molecule has 0 radical (unpaired) electrons. The standard InChI is InChI=1S/C16H22N2O3/c1-12(21-16(20)14-8-5-10-17-14)15(19)18-11-9-13-6-3-2-4-7-13/h5-6,8,10,12,17H,2-4,7,9,11H2,1H3,(H,18,19)/t12-/m1/s1. The second-order valence-electron chi connectivity index (χ2n) is 5.28. The van der Waals surface area contributed by atoms with Crippen molar-refractivity contribution in [1.29, 1.82) is 0 Å². The Morgan fingerprint density at radius 2 is 2.29 bits per heavy atom. The van der Waals surface area contributed by atoms with E-state index < -0.39 is 12.1 Å². The molecule has 0 saturated heterocycles. The maximum absolute atomic E-state index is 11.9. The fourth-order valence-electron chi connectivity index (χ4n) is 2.36. The van der Waals surface area contributed by atoms with E-state index in [1.54, 1.807) is 25.3 Å². The minimum Gasteiger partial charge on any atom is -0.448 e. The van der Waals surface area contributed by atoms with Crippen LogP contribution >= 0.6 is 0 Å². The van der Waals surface area contributed by atoms with Crippen LogP contribution in [0.4, 0.5) is 0 Å². The zero-order valence-electron chi connectivity index (χ0n) is 12.4. The minimum absolute atomic E-state index is 0.258. The number of carbonyl (C=O) groups excluding carboxylic acids is 2. The second-order valence-corrected chi connectivity index (χ2v) is 5.28. The van der Waals surface area contributed by atoms with Crippen molar-refractivity contribution in [3.8, 4) is 0 Å². The maximum Gasteiger partial charge on any atom is 0.355 e. The Bertz CT molecular complexity index is 506. The van der Waals surface area contributed by atoms with Gasteiger partial charge < -0.3 is 15.0 Å². The van der Waals surface area contributed by atoms with E-state index in [0.717, 1.165) is 19.3 Å². The molecule has 0 aromatic carbocycles. The summed E-state index contributed by atoms with van der Waals surface area (Å²) in [6.45, 7) is 2.17. The van der Waals surface area contributed by atoms with Gasteiger partial charge in [-0.15, -0.1) is 0 Å². The van der Waals surface area contributed by atoms with Crippen molar-refractivity contribution in [3.05, 3.63) is 35.7 Å². The lowest BCUT2D eigenvalue weighted by Gasteiger charge is -2.15. The predicted molar refractivity (Wildman–Crippen MR) is 79.8 cm³/mol. The Kier molecular flexibility index (Phi) is 5.60. The Hall–Kier alpha value is -2.04. The predicted octanol–water partition coefficient (Wildman–Crippen LogP) is 2.57. The normalized spacial score (nSPS) is 16.0. The molecule has 1 aliphatic carbocycles. The molecule has 1 heterocycles. The molecule has 1 atom stereocenters. The van der Waals surface area contributed by atoms with Crippen molar-refractivity contribution in [3.63, 3.8) is 0 Å². The summed E-state index contributed by atoms with van der Waals surface area (Å²) in [4.78, 5) is 26.3. The second kappa shape index (κ2) is 7.67. The largest absolute Gasteiger partial charge is 0.448 e. The zero-order chi connectivity index (χ0) is 15.1. The molecule has 5 nitrogen and oxygen atoms in total. The first kappa shape index (κ1) is 15.4. The van der Waals surface area contributed by atoms with Gasteiger partial charge in [-0.1, -0.05) is 11.6 Å². The molecule has 0 aliphatic heterocycles. The van der Waals surface area contributed by atoms with E-state index in [1.807, 2.05) is 0 Å². The van der Waals surface area contributed by atoms with Crippen LogP contribution in [-0.4, -0.2) is 29.5 Å². The number of aromatic nitrogens is 1. The minimum atomic E-state index is -0.791. The van der Waals surface area contributed by atoms with Crippen molar-refractivity contribution in [2.75, 3.05) is 6.54 Å². The number of aromatic amines is 1. The van der Waals surface area contributed by atoms with Gasteiger partial charge in [0.2, 0.25) is 0 Å². The summed E-state index contributed by atoms with van der Waals surface area (Å²) in [5, 5.41) is 2.81. The van der Waals surface area contributed by atoms with Gasteiger partial charge in [0.05, 0.1) is 0 Å². The molecule has 0 saturated carbocycles. The van der Waals surface area contributed by atoms with Gasteiger partial charge in [-0.25, -0.2) is 4.79 Å². The molecule has 2 N–H and O–H groups in total. The Labute approximate surface area is 124 Å². The molecule has 0 bridgehead atoms. The number of carbonyl (C=O) groups is 2. The Balaban J connectivity index is 1.70. The van der Waals surface area contributed by atoms with Crippen LogP contribution in [0.1, 0.15) is 49.5 Å². The molecule has 1 aromatic rings. The molecule has 5 heteroatoms. The lowest BCUT2D eigenvalue weighted by molar-refractivity contribution is -0.129. The number of hydrogen-bond acceptors (Lipinski definition) is 3. The maximum atomic E-state index is 11.9. The van der Waals surface area contributed by atoms with Crippen LogP contribution in [0.2, 0.25) is 0 Å². The van der Waals surface area contributed by atoms with Crippen molar-refractivity contribution < 1.29 is 14.3 Å². The molecule has 21 heavy (non-hydrogen) atoms. The first-order valence-corrected chi connectivity index (χ1v) is 7.47. The van der Waals surface area contributed by atoms with E-state index in [9.17, 15) is 9.59 Å². The first-order valence-electron chi connectivity index (χ1n) is 7.47. The van der Waals surface area contributed by atoms with Crippen molar-refractivity contribution in [2.24, 2.45) is 0 Å². The van der Waals surface area contributed by atoms with Gasteiger partial charge in [-0.2, -0.15) is 0 Å². The Morgan fingerprint density at radius 1 is 1.43 bits per heavy atom. The van der Waals surface area contributed by atoms with E-state index in [0.29, 0.717) is 12.2 Å². The van der Waals surface area contributed by atoms with Gasteiger partial charge in [-0.05, 0) is 51.2 Å². The van der Waals surface area contributed by atoms with Gasteiger partial charge in [0, 0.05) is 12.7 Å². The Morgan fingerprint density at radius 3 is 2.95 bits per heavy atom. The van der Waals surface area contributed by atoms with Crippen LogP contribution in [-0.2, 0) is 9.53 Å². The highest BCUT2D eigenvalue weighted by molar-refractivity contribution is 5.90. The lowest BCUT2D eigenvalue weighted by Crippen LogP contribution is -2.36. The summed E-state index contributed by atoms with van der Waals surface area (Å²) in [6, 6.07) is 3.32. The summed E-state index contributed by atoms with van der Waals surface area (Å²) in [5.74, 6) is -0.774. The van der Waals surface area contributed by atoms with E-state index in [4.69, 9.17) is 4.74 Å². The van der Waals surface area contributed by atoms with E-state index in [-0.39, 0.29) is 5.91 Å². The molecule has 1 aromatic heterocycles. The van der Waals surface area contributed by atoms with Crippen LogP contribution < -0.4 is 5.32 Å². The molecule has 2 rings (SSSR count). The molecule has 0 fully saturated rings. The van der Waals surface area contributed by atoms with E-state index in [2.05, 4.69) is 16.4 Å². The summed E-state index contributed by atoms with van der Waals surface area (Å²) >= 11 is 0. The van der Waals surface area contributed by atoms with Crippen LogP contribution in [0.3, 0.4) is 0 Å². The van der Waals surface area contributed by atoms with Gasteiger partial charge in [0.15, 0.2) is 6.10 Å². The van der Waals surface area contributed by atoms with Crippen LogP contribution in [0.25, 0.3) is 0 Å². The third-order valence-electron chi connectivity index (χ3n) is 3.60. The monoisotopic (exact) mass is 290 g/mol. The quantitative estimate of drug-likeness (QED) is 0.625. The van der Waals surface area contributed by atoms with Crippen LogP contribution in [0, 0.1) is 0 Å². The number of nitrogens with one attached hydrogen (secondary N) is 2. The van der Waals surface area contributed by atoms with Crippen molar-refractivity contribution in [2.45, 2.75) is 45.1 Å². The number of rotatable bonds is 6. The summed E-state index contributed by atoms with van der Waals surface area (Å²) in [5.41, 5.74) is 1.76. The number of ether oxygens (including phenoxy) is 1. The molecular formula is C16H22N2O3. The smallest absolute Gasteiger partial charge is 0.355 e. The third-order valence-corrected chi connectivity index (χ3v) is 3.60. The molecular weight excluding hydrogens is 268 g/mol. The van der Waals surface area contributed by atoms with Gasteiger partial charge in [-0.3, -0.25) is 4.79 Å². The summed E-state index contributed by atoms with van der Waals surface area (Å²) < 4.78 is 5.10. The topological polar surface area (TPSA) is 71.2 Å². The third kappa shape index (κ3) is 4.77. The number of H-pyrrole nitrogens is 1. The van der Waals surface area contributed by atoms with E-state index >= 15 is 0 Å². The van der Waals surface area contributed by atoms with Gasteiger partial charge in [0.25, 0.3) is 5.91 Å². The molecule has 114 valence electrons. The SMILES string of the molecule is C[C@@H](OC(=O)c1ccc[nH]1)C(=O)NCCC1=CCCCC1. The van der Waals surface area contributed by atoms with Gasteiger partial charge in [0.1, 0.15) is 5.69 Å². The highest BCUT2D eigenvalue weighted by Crippen LogP contribution is 2.19. The average molecular weight is 290 g/mol. The molecule has 0 spiro atoms. The number of esters is 1.